The van der Waals surface area contributed by atoms with Crippen molar-refractivity contribution in [3.63, 3.8) is 0 Å². The minimum absolute atomic E-state index is 0.262. The Balaban J connectivity index is 2.99. The zero-order chi connectivity index (χ0) is 10.7. The zero-order valence-electron chi connectivity index (χ0n) is 7.83. The van der Waals surface area contributed by atoms with Crippen molar-refractivity contribution < 1.29 is 14.3 Å². The normalized spacial score (nSPS) is 12.5. The lowest BCUT2D eigenvalue weighted by atomic mass is 9.99. The lowest BCUT2D eigenvalue weighted by Gasteiger charge is -2.13. The lowest BCUT2D eigenvalue weighted by molar-refractivity contribution is -0.137. The van der Waals surface area contributed by atoms with Gasteiger partial charge < -0.3 is 10.8 Å². The first-order valence-electron chi connectivity index (χ1n) is 4.24. The SMILES string of the molecule is Cc1cccc(F)c1C(N)CC(=O)O. The molecule has 3 N–H and O–H groups in total. The molecule has 76 valence electrons. The van der Waals surface area contributed by atoms with Crippen LogP contribution in [0.5, 0.6) is 0 Å². The number of hydrogen-bond acceptors (Lipinski definition) is 2. The van der Waals surface area contributed by atoms with Crippen LogP contribution in [0.3, 0.4) is 0 Å². The highest BCUT2D eigenvalue weighted by Gasteiger charge is 2.16. The highest BCUT2D eigenvalue weighted by atomic mass is 19.1. The summed E-state index contributed by atoms with van der Waals surface area (Å²) in [6.45, 7) is 1.71. The molecule has 0 aromatic heterocycles. The van der Waals surface area contributed by atoms with E-state index in [1.54, 1.807) is 19.1 Å². The van der Waals surface area contributed by atoms with Gasteiger partial charge in [-0.1, -0.05) is 12.1 Å². The van der Waals surface area contributed by atoms with Gasteiger partial charge in [0, 0.05) is 11.6 Å². The van der Waals surface area contributed by atoms with Gasteiger partial charge in [-0.3, -0.25) is 4.79 Å². The van der Waals surface area contributed by atoms with Gasteiger partial charge in [-0.05, 0) is 18.6 Å². The molecule has 0 heterocycles. The molecule has 1 aromatic carbocycles. The molecule has 0 bridgehead atoms. The molecule has 0 radical (unpaired) electrons. The van der Waals surface area contributed by atoms with Crippen LogP contribution >= 0.6 is 0 Å². The molecule has 0 saturated carbocycles. The number of aryl methyl sites for hydroxylation is 1. The van der Waals surface area contributed by atoms with Crippen molar-refractivity contribution in [2.24, 2.45) is 5.73 Å². The molecule has 0 saturated heterocycles. The van der Waals surface area contributed by atoms with Crippen LogP contribution in [-0.4, -0.2) is 11.1 Å². The van der Waals surface area contributed by atoms with Crippen LogP contribution in [0.15, 0.2) is 18.2 Å². The van der Waals surface area contributed by atoms with Gasteiger partial charge in [-0.15, -0.1) is 0 Å². The highest BCUT2D eigenvalue weighted by molar-refractivity contribution is 5.68. The first-order valence-corrected chi connectivity index (χ1v) is 4.24. The number of halogens is 1. The fourth-order valence-electron chi connectivity index (χ4n) is 1.40. The Morgan fingerprint density at radius 2 is 2.29 bits per heavy atom. The lowest BCUT2D eigenvalue weighted by Crippen LogP contribution is -2.17. The molecule has 0 aliphatic rings. The summed E-state index contributed by atoms with van der Waals surface area (Å²) in [4.78, 5) is 10.4. The largest absolute Gasteiger partial charge is 0.481 e. The molecule has 14 heavy (non-hydrogen) atoms. The monoisotopic (exact) mass is 197 g/mol. The molecule has 1 rings (SSSR count). The Morgan fingerprint density at radius 3 is 2.79 bits per heavy atom. The predicted octanol–water partition coefficient (Wildman–Crippen LogP) is 1.61. The first kappa shape index (κ1) is 10.7. The third-order valence-electron chi connectivity index (χ3n) is 2.04. The van der Waals surface area contributed by atoms with Gasteiger partial charge in [0.05, 0.1) is 6.42 Å². The minimum atomic E-state index is -1.03. The number of carboxylic acids is 1. The molecule has 1 unspecified atom stereocenters. The summed E-state index contributed by atoms with van der Waals surface area (Å²) in [5.41, 5.74) is 6.54. The van der Waals surface area contributed by atoms with E-state index in [0.717, 1.165) is 0 Å². The van der Waals surface area contributed by atoms with E-state index in [1.807, 2.05) is 0 Å². The van der Waals surface area contributed by atoms with Gasteiger partial charge in [-0.2, -0.15) is 0 Å². The first-order chi connectivity index (χ1) is 6.52. The van der Waals surface area contributed by atoms with E-state index in [-0.39, 0.29) is 12.0 Å². The Bertz CT molecular complexity index is 332. The number of aliphatic carboxylic acids is 1. The number of rotatable bonds is 3. The van der Waals surface area contributed by atoms with E-state index >= 15 is 0 Å². The van der Waals surface area contributed by atoms with E-state index in [2.05, 4.69) is 0 Å². The van der Waals surface area contributed by atoms with E-state index in [0.29, 0.717) is 5.56 Å². The molecule has 4 heteroatoms. The Kier molecular flexibility index (Phi) is 3.19. The number of benzene rings is 1. The van der Waals surface area contributed by atoms with Gasteiger partial charge >= 0.3 is 5.97 Å². The van der Waals surface area contributed by atoms with Gasteiger partial charge in [-0.25, -0.2) is 4.39 Å². The van der Waals surface area contributed by atoms with Crippen LogP contribution in [0.1, 0.15) is 23.6 Å². The van der Waals surface area contributed by atoms with Crippen molar-refractivity contribution in [2.75, 3.05) is 0 Å². The number of carbonyl (C=O) groups is 1. The second kappa shape index (κ2) is 4.19. The Morgan fingerprint density at radius 1 is 1.64 bits per heavy atom. The van der Waals surface area contributed by atoms with Crippen LogP contribution in [0.25, 0.3) is 0 Å². The van der Waals surface area contributed by atoms with Crippen LogP contribution in [0, 0.1) is 12.7 Å². The van der Waals surface area contributed by atoms with Crippen molar-refractivity contribution in [3.8, 4) is 0 Å². The summed E-state index contributed by atoms with van der Waals surface area (Å²) < 4.78 is 13.3. The molecule has 1 aromatic rings. The quantitative estimate of drug-likeness (QED) is 0.773. The van der Waals surface area contributed by atoms with Crippen molar-refractivity contribution in [1.29, 1.82) is 0 Å². The van der Waals surface area contributed by atoms with Gasteiger partial charge in [0.15, 0.2) is 0 Å². The van der Waals surface area contributed by atoms with Crippen LogP contribution in [0.2, 0.25) is 0 Å². The van der Waals surface area contributed by atoms with Crippen LogP contribution in [0.4, 0.5) is 4.39 Å². The predicted molar refractivity (Wildman–Crippen MR) is 50.3 cm³/mol. The standard InChI is InChI=1S/C10H12FNO2/c1-6-3-2-4-7(11)10(6)8(12)5-9(13)14/h2-4,8H,5,12H2,1H3,(H,13,14). The second-order valence-corrected chi connectivity index (χ2v) is 3.17. The molecule has 3 nitrogen and oxygen atoms in total. The molecule has 0 spiro atoms. The van der Waals surface area contributed by atoms with Crippen molar-refractivity contribution in [3.05, 3.63) is 35.1 Å². The third kappa shape index (κ3) is 2.29. The fourth-order valence-corrected chi connectivity index (χ4v) is 1.40. The molecule has 1 atom stereocenters. The van der Waals surface area contributed by atoms with Crippen molar-refractivity contribution in [2.45, 2.75) is 19.4 Å². The third-order valence-corrected chi connectivity index (χ3v) is 2.04. The van der Waals surface area contributed by atoms with Crippen LogP contribution < -0.4 is 5.73 Å². The molecular formula is C10H12FNO2. The van der Waals surface area contributed by atoms with E-state index in [1.165, 1.54) is 6.07 Å². The maximum absolute atomic E-state index is 13.3. The van der Waals surface area contributed by atoms with E-state index in [9.17, 15) is 9.18 Å². The average molecular weight is 197 g/mol. The molecule has 0 aliphatic heterocycles. The number of carboxylic acid groups (broad SMARTS) is 1. The second-order valence-electron chi connectivity index (χ2n) is 3.17. The molecular weight excluding hydrogens is 185 g/mol. The molecule has 0 amide bonds. The molecule has 0 aliphatic carbocycles. The topological polar surface area (TPSA) is 63.3 Å². The maximum Gasteiger partial charge on any atom is 0.305 e. The number of nitrogens with two attached hydrogens (primary N) is 1. The summed E-state index contributed by atoms with van der Waals surface area (Å²) in [5, 5.41) is 8.52. The summed E-state index contributed by atoms with van der Waals surface area (Å²) in [6.07, 6.45) is -0.262. The average Bonchev–Trinajstić information content (AvgIpc) is 2.01. The summed E-state index contributed by atoms with van der Waals surface area (Å²) in [5.74, 6) is -1.47. The summed E-state index contributed by atoms with van der Waals surface area (Å²) in [7, 11) is 0. The fraction of sp³-hybridized carbons (Fsp3) is 0.300. The number of hydrogen-bond donors (Lipinski definition) is 2. The summed E-state index contributed by atoms with van der Waals surface area (Å²) in [6, 6.07) is 3.78. The summed E-state index contributed by atoms with van der Waals surface area (Å²) >= 11 is 0. The molecule has 0 fully saturated rings. The highest BCUT2D eigenvalue weighted by Crippen LogP contribution is 2.21. The Hall–Kier alpha value is -1.42. The maximum atomic E-state index is 13.3. The van der Waals surface area contributed by atoms with Gasteiger partial charge in [0.25, 0.3) is 0 Å². The van der Waals surface area contributed by atoms with Crippen LogP contribution in [-0.2, 0) is 4.79 Å². The zero-order valence-corrected chi connectivity index (χ0v) is 7.83. The van der Waals surface area contributed by atoms with Gasteiger partial charge in [0.2, 0.25) is 0 Å². The Labute approximate surface area is 81.4 Å². The van der Waals surface area contributed by atoms with Crippen molar-refractivity contribution in [1.82, 2.24) is 0 Å². The minimum Gasteiger partial charge on any atom is -0.481 e. The van der Waals surface area contributed by atoms with Crippen molar-refractivity contribution >= 4 is 5.97 Å². The van der Waals surface area contributed by atoms with Gasteiger partial charge in [0.1, 0.15) is 5.82 Å². The van der Waals surface area contributed by atoms with E-state index < -0.39 is 17.8 Å². The smallest absolute Gasteiger partial charge is 0.305 e. The van der Waals surface area contributed by atoms with E-state index in [4.69, 9.17) is 10.8 Å².